The zero-order valence-electron chi connectivity index (χ0n) is 21.6. The summed E-state index contributed by atoms with van der Waals surface area (Å²) in [7, 11) is -4.00. The number of nitrogens with zero attached hydrogens (tertiary/aromatic N) is 2. The molecule has 0 spiro atoms. The summed E-state index contributed by atoms with van der Waals surface area (Å²) < 4.78 is 33.5. The number of aryl methyl sites for hydroxylation is 1. The quantitative estimate of drug-likeness (QED) is 0.271. The first kappa shape index (κ1) is 28.4. The van der Waals surface area contributed by atoms with Crippen LogP contribution in [0.2, 0.25) is 0 Å². The normalized spacial score (nSPS) is 11.4. The van der Waals surface area contributed by atoms with Gasteiger partial charge >= 0.3 is 0 Å². The first-order chi connectivity index (χ1) is 18.2. The van der Waals surface area contributed by atoms with Gasteiger partial charge in [0.05, 0.1) is 16.8 Å². The van der Waals surface area contributed by atoms with E-state index in [4.69, 9.17) is 4.74 Å². The van der Waals surface area contributed by atoms with Crippen LogP contribution in [0, 0.1) is 0 Å². The summed E-state index contributed by atoms with van der Waals surface area (Å²) in [5.41, 5.74) is 4.32. The molecule has 0 aliphatic carbocycles. The fourth-order valence-corrected chi connectivity index (χ4v) is 5.06. The maximum Gasteiger partial charge on any atom is 0.264 e. The van der Waals surface area contributed by atoms with Crippen molar-refractivity contribution in [1.29, 1.82) is 0 Å². The minimum Gasteiger partial charge on any atom is -0.484 e. The topological polar surface area (TPSA) is 117 Å². The van der Waals surface area contributed by atoms with E-state index in [0.29, 0.717) is 23.4 Å². The van der Waals surface area contributed by atoms with Crippen LogP contribution in [-0.4, -0.2) is 45.6 Å². The third-order valence-electron chi connectivity index (χ3n) is 5.36. The van der Waals surface area contributed by atoms with E-state index in [-0.39, 0.29) is 23.5 Å². The second kappa shape index (κ2) is 13.4. The molecule has 38 heavy (non-hydrogen) atoms. The van der Waals surface area contributed by atoms with Crippen LogP contribution in [0.25, 0.3) is 0 Å². The predicted molar refractivity (Wildman–Crippen MR) is 148 cm³/mol. The maximum atomic E-state index is 13.5. The van der Waals surface area contributed by atoms with E-state index in [1.807, 2.05) is 32.9 Å². The van der Waals surface area contributed by atoms with Gasteiger partial charge in [-0.1, -0.05) is 43.3 Å². The highest BCUT2D eigenvalue weighted by Gasteiger charge is 2.28. The minimum absolute atomic E-state index is 0.0341. The van der Waals surface area contributed by atoms with E-state index in [9.17, 15) is 18.0 Å². The van der Waals surface area contributed by atoms with Gasteiger partial charge in [0.25, 0.3) is 21.8 Å². The van der Waals surface area contributed by atoms with Crippen LogP contribution >= 0.6 is 0 Å². The van der Waals surface area contributed by atoms with E-state index < -0.39 is 22.5 Å². The third kappa shape index (κ3) is 7.91. The number of anilines is 1. The van der Waals surface area contributed by atoms with Crippen LogP contribution < -0.4 is 19.8 Å². The lowest BCUT2D eigenvalue weighted by Crippen LogP contribution is -2.40. The van der Waals surface area contributed by atoms with Gasteiger partial charge in [0.15, 0.2) is 6.61 Å². The number of carbonyl (C=O) groups is 2. The SMILES string of the molecule is CCc1ccccc1N(CC(=O)N/N=C\c1ccc(OCC(=O)NC(C)C)cc1)S(=O)(=O)c1ccccc1. The first-order valence-electron chi connectivity index (χ1n) is 12.2. The molecule has 0 bridgehead atoms. The zero-order valence-corrected chi connectivity index (χ0v) is 22.4. The molecule has 0 saturated heterocycles. The Morgan fingerprint density at radius 3 is 2.26 bits per heavy atom. The first-order valence-corrected chi connectivity index (χ1v) is 13.6. The highest BCUT2D eigenvalue weighted by molar-refractivity contribution is 7.92. The molecule has 0 saturated carbocycles. The van der Waals surface area contributed by atoms with Gasteiger partial charge in [0.2, 0.25) is 0 Å². The van der Waals surface area contributed by atoms with Gasteiger partial charge in [-0.3, -0.25) is 13.9 Å². The van der Waals surface area contributed by atoms with Crippen molar-refractivity contribution in [1.82, 2.24) is 10.7 Å². The Morgan fingerprint density at radius 1 is 0.947 bits per heavy atom. The summed E-state index contributed by atoms with van der Waals surface area (Å²) >= 11 is 0. The number of ether oxygens (including phenoxy) is 1. The van der Waals surface area contributed by atoms with Gasteiger partial charge in [0.1, 0.15) is 12.3 Å². The molecule has 3 aromatic carbocycles. The zero-order chi connectivity index (χ0) is 27.5. The molecule has 2 amide bonds. The molecular formula is C28H32N4O5S. The Hall–Kier alpha value is -4.18. The Labute approximate surface area is 223 Å². The van der Waals surface area contributed by atoms with Crippen molar-refractivity contribution in [3.63, 3.8) is 0 Å². The number of benzene rings is 3. The fourth-order valence-electron chi connectivity index (χ4n) is 3.58. The Bertz CT molecular complexity index is 1360. The molecular weight excluding hydrogens is 504 g/mol. The van der Waals surface area contributed by atoms with Crippen LogP contribution in [0.5, 0.6) is 5.75 Å². The molecule has 3 rings (SSSR count). The molecule has 0 heterocycles. The second-order valence-corrected chi connectivity index (χ2v) is 10.5. The van der Waals surface area contributed by atoms with Crippen molar-refractivity contribution in [2.45, 2.75) is 38.1 Å². The number of amides is 2. The third-order valence-corrected chi connectivity index (χ3v) is 7.14. The smallest absolute Gasteiger partial charge is 0.264 e. The molecule has 10 heteroatoms. The van der Waals surface area contributed by atoms with Crippen molar-refractivity contribution in [3.8, 4) is 5.75 Å². The van der Waals surface area contributed by atoms with E-state index >= 15 is 0 Å². The molecule has 0 aliphatic rings. The average Bonchev–Trinajstić information content (AvgIpc) is 2.91. The number of rotatable bonds is 12. The van der Waals surface area contributed by atoms with Crippen LogP contribution in [0.15, 0.2) is 88.9 Å². The number of hydrogen-bond acceptors (Lipinski definition) is 6. The Balaban J connectivity index is 1.68. The summed E-state index contributed by atoms with van der Waals surface area (Å²) in [6, 6.07) is 21.9. The van der Waals surface area contributed by atoms with Crippen LogP contribution in [0.3, 0.4) is 0 Å². The second-order valence-electron chi connectivity index (χ2n) is 8.68. The maximum absolute atomic E-state index is 13.5. The molecule has 0 aliphatic heterocycles. The molecule has 3 aromatic rings. The van der Waals surface area contributed by atoms with Gasteiger partial charge in [-0.05, 0) is 73.9 Å². The van der Waals surface area contributed by atoms with Gasteiger partial charge in [-0.15, -0.1) is 0 Å². The Morgan fingerprint density at radius 2 is 1.61 bits per heavy atom. The van der Waals surface area contributed by atoms with E-state index in [0.717, 1.165) is 9.87 Å². The van der Waals surface area contributed by atoms with Gasteiger partial charge < -0.3 is 10.1 Å². The minimum atomic E-state index is -4.00. The van der Waals surface area contributed by atoms with Crippen LogP contribution in [-0.2, 0) is 26.0 Å². The number of hydrazone groups is 1. The molecule has 0 fully saturated rings. The van der Waals surface area contributed by atoms with E-state index in [2.05, 4.69) is 15.8 Å². The molecule has 0 unspecified atom stereocenters. The summed E-state index contributed by atoms with van der Waals surface area (Å²) in [4.78, 5) is 24.6. The van der Waals surface area contributed by atoms with Gasteiger partial charge in [-0.25, -0.2) is 13.8 Å². The fraction of sp³-hybridized carbons (Fsp3) is 0.250. The summed E-state index contributed by atoms with van der Waals surface area (Å²) in [5.74, 6) is -0.289. The van der Waals surface area contributed by atoms with Crippen molar-refractivity contribution in [3.05, 3.63) is 90.0 Å². The number of sulfonamides is 1. The molecule has 9 nitrogen and oxygen atoms in total. The molecule has 0 radical (unpaired) electrons. The standard InChI is InChI=1S/C28H32N4O5S/c1-4-23-10-8-9-13-26(23)32(38(35,36)25-11-6-5-7-12-25)19-27(33)31-29-18-22-14-16-24(17-15-22)37-20-28(34)30-21(2)3/h5-18,21H,4,19-20H2,1-3H3,(H,30,34)(H,31,33)/b29-18-. The molecule has 0 atom stereocenters. The number of para-hydroxylation sites is 1. The highest BCUT2D eigenvalue weighted by Crippen LogP contribution is 2.27. The largest absolute Gasteiger partial charge is 0.484 e. The number of nitrogens with one attached hydrogen (secondary N) is 2. The lowest BCUT2D eigenvalue weighted by atomic mass is 10.1. The van der Waals surface area contributed by atoms with E-state index in [1.54, 1.807) is 54.6 Å². The van der Waals surface area contributed by atoms with Crippen LogP contribution in [0.4, 0.5) is 5.69 Å². The predicted octanol–water partition coefficient (Wildman–Crippen LogP) is 3.50. The Kier molecular flexibility index (Phi) is 10.0. The van der Waals surface area contributed by atoms with Crippen molar-refractivity contribution in [2.24, 2.45) is 5.10 Å². The average molecular weight is 537 g/mol. The van der Waals surface area contributed by atoms with Gasteiger partial charge in [0, 0.05) is 6.04 Å². The lowest BCUT2D eigenvalue weighted by molar-refractivity contribution is -0.123. The van der Waals surface area contributed by atoms with E-state index in [1.165, 1.54) is 18.3 Å². The summed E-state index contributed by atoms with van der Waals surface area (Å²) in [5, 5.41) is 6.72. The van der Waals surface area contributed by atoms with Gasteiger partial charge in [-0.2, -0.15) is 5.10 Å². The van der Waals surface area contributed by atoms with Crippen molar-refractivity contribution < 1.29 is 22.7 Å². The van der Waals surface area contributed by atoms with Crippen molar-refractivity contribution in [2.75, 3.05) is 17.5 Å². The summed E-state index contributed by atoms with van der Waals surface area (Å²) in [6.45, 7) is 5.12. The van der Waals surface area contributed by atoms with Crippen LogP contribution in [0.1, 0.15) is 31.9 Å². The van der Waals surface area contributed by atoms with Crippen molar-refractivity contribution >= 4 is 33.7 Å². The lowest BCUT2D eigenvalue weighted by Gasteiger charge is -2.25. The summed E-state index contributed by atoms with van der Waals surface area (Å²) in [6.07, 6.45) is 2.03. The monoisotopic (exact) mass is 536 g/mol. The molecule has 200 valence electrons. The number of hydrogen-bond donors (Lipinski definition) is 2. The molecule has 2 N–H and O–H groups in total. The number of carbonyl (C=O) groups excluding carboxylic acids is 2. The molecule has 0 aromatic heterocycles. The highest BCUT2D eigenvalue weighted by atomic mass is 32.2.